The van der Waals surface area contributed by atoms with Gasteiger partial charge in [0.25, 0.3) is 5.91 Å². The molecular formula is C18H22N2O5S2. The van der Waals surface area contributed by atoms with Gasteiger partial charge in [-0.05, 0) is 47.0 Å². The van der Waals surface area contributed by atoms with E-state index in [9.17, 15) is 18.0 Å². The van der Waals surface area contributed by atoms with Crippen molar-refractivity contribution >= 4 is 33.2 Å². The monoisotopic (exact) mass is 410 g/mol. The average molecular weight is 411 g/mol. The summed E-state index contributed by atoms with van der Waals surface area (Å²) >= 11 is 1.54. The van der Waals surface area contributed by atoms with Crippen molar-refractivity contribution in [3.8, 4) is 0 Å². The Balaban J connectivity index is 2.06. The largest absolute Gasteiger partial charge is 0.452 e. The highest BCUT2D eigenvalue weighted by molar-refractivity contribution is 7.89. The first-order chi connectivity index (χ1) is 12.6. The van der Waals surface area contributed by atoms with Crippen LogP contribution in [0.1, 0.15) is 21.5 Å². The van der Waals surface area contributed by atoms with Gasteiger partial charge in [0.15, 0.2) is 6.61 Å². The molecule has 7 nitrogen and oxygen atoms in total. The molecule has 1 heterocycles. The first-order valence-corrected chi connectivity index (χ1v) is 10.5. The summed E-state index contributed by atoms with van der Waals surface area (Å²) < 4.78 is 30.6. The Hall–Kier alpha value is -2.23. The molecule has 0 aliphatic carbocycles. The van der Waals surface area contributed by atoms with E-state index in [1.165, 1.54) is 48.5 Å². The number of sulfonamides is 1. The third-order valence-corrected chi connectivity index (χ3v) is 6.50. The van der Waals surface area contributed by atoms with Gasteiger partial charge in [0.2, 0.25) is 10.0 Å². The summed E-state index contributed by atoms with van der Waals surface area (Å²) in [5.74, 6) is -1.08. The van der Waals surface area contributed by atoms with Crippen LogP contribution in [0.4, 0.5) is 0 Å². The number of ether oxygens (including phenoxy) is 1. The van der Waals surface area contributed by atoms with E-state index in [1.54, 1.807) is 14.0 Å². The van der Waals surface area contributed by atoms with Crippen LogP contribution in [0, 0.1) is 6.92 Å². The molecule has 0 saturated carbocycles. The zero-order valence-electron chi connectivity index (χ0n) is 15.6. The number of carbonyl (C=O) groups excluding carboxylic acids is 2. The summed E-state index contributed by atoms with van der Waals surface area (Å²) in [7, 11) is 0.780. The van der Waals surface area contributed by atoms with Gasteiger partial charge >= 0.3 is 5.97 Å². The number of hydrogen-bond acceptors (Lipinski definition) is 6. The second-order valence-corrected chi connectivity index (χ2v) is 9.15. The lowest BCUT2D eigenvalue weighted by molar-refractivity contribution is -0.133. The van der Waals surface area contributed by atoms with Crippen molar-refractivity contribution in [3.05, 3.63) is 51.7 Å². The van der Waals surface area contributed by atoms with Crippen LogP contribution in [0.2, 0.25) is 0 Å². The molecule has 1 aromatic heterocycles. The van der Waals surface area contributed by atoms with E-state index in [2.05, 4.69) is 0 Å². The van der Waals surface area contributed by atoms with Crippen molar-refractivity contribution in [2.45, 2.75) is 18.4 Å². The second-order valence-electron chi connectivity index (χ2n) is 6.22. The number of rotatable bonds is 7. The molecule has 1 aromatic carbocycles. The maximum absolute atomic E-state index is 12.4. The predicted molar refractivity (Wildman–Crippen MR) is 103 cm³/mol. The van der Waals surface area contributed by atoms with E-state index in [0.717, 1.165) is 9.87 Å². The van der Waals surface area contributed by atoms with Gasteiger partial charge in [-0.15, -0.1) is 0 Å². The van der Waals surface area contributed by atoms with Gasteiger partial charge in [0.1, 0.15) is 0 Å². The molecule has 0 radical (unpaired) electrons. The molecule has 0 aliphatic heterocycles. The molecule has 0 atom stereocenters. The molecule has 0 fully saturated rings. The smallest absolute Gasteiger partial charge is 0.338 e. The summed E-state index contributed by atoms with van der Waals surface area (Å²) in [6.45, 7) is 1.69. The van der Waals surface area contributed by atoms with Crippen molar-refractivity contribution in [3.63, 3.8) is 0 Å². The summed E-state index contributed by atoms with van der Waals surface area (Å²) in [5, 5.41) is 3.86. The SMILES string of the molecule is Cc1ccc(S(=O)(=O)N(C)C)cc1C(=O)OCC(=O)N(C)Cc1ccsc1. The Kier molecular flexibility index (Phi) is 6.74. The van der Waals surface area contributed by atoms with Crippen molar-refractivity contribution in [1.82, 2.24) is 9.21 Å². The van der Waals surface area contributed by atoms with Crippen LogP contribution < -0.4 is 0 Å². The number of thiophene rings is 1. The lowest BCUT2D eigenvalue weighted by Gasteiger charge is -2.17. The molecule has 0 aliphatic rings. The minimum Gasteiger partial charge on any atom is -0.452 e. The van der Waals surface area contributed by atoms with Crippen LogP contribution in [-0.2, 0) is 26.1 Å². The van der Waals surface area contributed by atoms with Gasteiger partial charge in [0.05, 0.1) is 10.5 Å². The molecule has 0 unspecified atom stereocenters. The van der Waals surface area contributed by atoms with E-state index < -0.39 is 22.6 Å². The van der Waals surface area contributed by atoms with Gasteiger partial charge in [-0.3, -0.25) is 4.79 Å². The van der Waals surface area contributed by atoms with Crippen LogP contribution >= 0.6 is 11.3 Å². The van der Waals surface area contributed by atoms with Crippen LogP contribution in [0.5, 0.6) is 0 Å². The third-order valence-electron chi connectivity index (χ3n) is 3.96. The molecule has 2 rings (SSSR count). The Morgan fingerprint density at radius 2 is 1.85 bits per heavy atom. The van der Waals surface area contributed by atoms with E-state index in [1.807, 2.05) is 16.8 Å². The minimum absolute atomic E-state index is 0.00838. The number of likely N-dealkylation sites (N-methyl/N-ethyl adjacent to an activating group) is 1. The maximum Gasteiger partial charge on any atom is 0.338 e. The summed E-state index contributed by atoms with van der Waals surface area (Å²) in [6.07, 6.45) is 0. The number of benzene rings is 1. The van der Waals surface area contributed by atoms with Crippen molar-refractivity contribution in [2.24, 2.45) is 0 Å². The molecule has 1 amide bonds. The highest BCUT2D eigenvalue weighted by atomic mass is 32.2. The number of aryl methyl sites for hydroxylation is 1. The fraction of sp³-hybridized carbons (Fsp3) is 0.333. The minimum atomic E-state index is -3.67. The summed E-state index contributed by atoms with van der Waals surface area (Å²) in [5.41, 5.74) is 1.68. The van der Waals surface area contributed by atoms with Crippen molar-refractivity contribution in [1.29, 1.82) is 0 Å². The summed E-state index contributed by atoms with van der Waals surface area (Å²) in [6, 6.07) is 6.16. The van der Waals surface area contributed by atoms with Gasteiger partial charge in [0, 0.05) is 27.7 Å². The van der Waals surface area contributed by atoms with E-state index in [-0.39, 0.29) is 16.4 Å². The van der Waals surface area contributed by atoms with Crippen LogP contribution in [0.15, 0.2) is 39.9 Å². The fourth-order valence-corrected chi connectivity index (χ4v) is 3.84. The number of esters is 1. The Bertz CT molecular complexity index is 921. The third kappa shape index (κ3) is 5.15. The van der Waals surface area contributed by atoms with Gasteiger partial charge < -0.3 is 9.64 Å². The number of hydrogen-bond donors (Lipinski definition) is 0. The first kappa shape index (κ1) is 21.1. The lowest BCUT2D eigenvalue weighted by atomic mass is 10.1. The number of nitrogens with zero attached hydrogens (tertiary/aromatic N) is 2. The van der Waals surface area contributed by atoms with Crippen LogP contribution in [0.3, 0.4) is 0 Å². The second kappa shape index (κ2) is 8.64. The quantitative estimate of drug-likeness (QED) is 0.653. The molecule has 9 heteroatoms. The molecule has 0 N–H and O–H groups in total. The molecule has 0 bridgehead atoms. The fourth-order valence-electron chi connectivity index (χ4n) is 2.25. The average Bonchev–Trinajstić information content (AvgIpc) is 3.12. The summed E-state index contributed by atoms with van der Waals surface area (Å²) in [4.78, 5) is 26.0. The Morgan fingerprint density at radius 3 is 2.44 bits per heavy atom. The lowest BCUT2D eigenvalue weighted by Crippen LogP contribution is -2.30. The Morgan fingerprint density at radius 1 is 1.15 bits per heavy atom. The van der Waals surface area contributed by atoms with Crippen molar-refractivity contribution < 1.29 is 22.7 Å². The maximum atomic E-state index is 12.4. The van der Waals surface area contributed by atoms with Crippen LogP contribution in [0.25, 0.3) is 0 Å². The zero-order valence-corrected chi connectivity index (χ0v) is 17.3. The predicted octanol–water partition coefficient (Wildman–Crippen LogP) is 2.12. The van der Waals surface area contributed by atoms with Gasteiger partial charge in [-0.25, -0.2) is 17.5 Å². The molecular weight excluding hydrogens is 388 g/mol. The molecule has 0 spiro atoms. The first-order valence-electron chi connectivity index (χ1n) is 8.08. The zero-order chi connectivity index (χ0) is 20.2. The van der Waals surface area contributed by atoms with E-state index >= 15 is 0 Å². The van der Waals surface area contributed by atoms with Gasteiger partial charge in [-0.1, -0.05) is 6.07 Å². The number of amides is 1. The van der Waals surface area contributed by atoms with Gasteiger partial charge in [-0.2, -0.15) is 11.3 Å². The molecule has 27 heavy (non-hydrogen) atoms. The molecule has 146 valence electrons. The van der Waals surface area contributed by atoms with E-state index in [0.29, 0.717) is 12.1 Å². The van der Waals surface area contributed by atoms with E-state index in [4.69, 9.17) is 4.74 Å². The normalized spacial score (nSPS) is 11.4. The highest BCUT2D eigenvalue weighted by Gasteiger charge is 2.21. The Labute approximate surface area is 163 Å². The van der Waals surface area contributed by atoms with Crippen LogP contribution in [-0.4, -0.2) is 57.2 Å². The molecule has 0 saturated heterocycles. The highest BCUT2D eigenvalue weighted by Crippen LogP contribution is 2.19. The standard InChI is InChI=1S/C18H22N2O5S2/c1-13-5-6-15(27(23,24)19(2)3)9-16(13)18(22)25-11-17(21)20(4)10-14-7-8-26-12-14/h5-9,12H,10-11H2,1-4H3. The number of carbonyl (C=O) groups is 2. The molecule has 2 aromatic rings. The van der Waals surface area contributed by atoms with Crippen molar-refractivity contribution in [2.75, 3.05) is 27.7 Å². The topological polar surface area (TPSA) is 84.0 Å².